The van der Waals surface area contributed by atoms with Crippen LogP contribution in [0, 0.1) is 0 Å². The maximum absolute atomic E-state index is 10.8. The summed E-state index contributed by atoms with van der Waals surface area (Å²) in [6.07, 6.45) is 0.608. The number of nitrogens with one attached hydrogen (secondary N) is 2. The molecule has 3 heteroatoms. The predicted molar refractivity (Wildman–Crippen MR) is 75.4 cm³/mol. The van der Waals surface area contributed by atoms with Crippen LogP contribution in [0.2, 0.25) is 0 Å². The molecule has 0 radical (unpaired) electrons. The van der Waals surface area contributed by atoms with Crippen LogP contribution in [0.1, 0.15) is 39.8 Å². The van der Waals surface area contributed by atoms with Crippen molar-refractivity contribution in [2.75, 3.05) is 0 Å². The molecule has 0 fully saturated rings. The van der Waals surface area contributed by atoms with Gasteiger partial charge in [0.2, 0.25) is 0 Å². The fraction of sp³-hybridized carbons (Fsp3) is 0.467. The highest BCUT2D eigenvalue weighted by Crippen LogP contribution is 2.27. The highest BCUT2D eigenvalue weighted by atomic mass is 16.3. The quantitative estimate of drug-likeness (QED) is 0.729. The monoisotopic (exact) mass is 246 g/mol. The van der Waals surface area contributed by atoms with E-state index in [2.05, 4.69) is 31.1 Å². The Morgan fingerprint density at radius 2 is 1.89 bits per heavy atom. The van der Waals surface area contributed by atoms with Crippen LogP contribution < -0.4 is 5.32 Å². The molecule has 3 N–H and O–H groups in total. The Morgan fingerprint density at radius 3 is 2.44 bits per heavy atom. The van der Waals surface area contributed by atoms with Gasteiger partial charge in [-0.2, -0.15) is 0 Å². The maximum Gasteiger partial charge on any atom is 0.157 e. The first kappa shape index (κ1) is 13.1. The fourth-order valence-electron chi connectivity index (χ4n) is 2.26. The average Bonchev–Trinajstić information content (AvgIpc) is 2.70. The molecule has 0 bridgehead atoms. The highest BCUT2D eigenvalue weighted by Gasteiger charge is 2.32. The Labute approximate surface area is 108 Å². The lowest BCUT2D eigenvalue weighted by atomic mass is 10.0. The van der Waals surface area contributed by atoms with Gasteiger partial charge in [-0.15, -0.1) is 0 Å². The van der Waals surface area contributed by atoms with Gasteiger partial charge in [-0.3, -0.25) is 5.32 Å². The van der Waals surface area contributed by atoms with Crippen LogP contribution >= 0.6 is 0 Å². The molecule has 1 unspecified atom stereocenters. The topological polar surface area (TPSA) is 48.0 Å². The molecule has 98 valence electrons. The van der Waals surface area contributed by atoms with Gasteiger partial charge < -0.3 is 10.1 Å². The molecule has 18 heavy (non-hydrogen) atoms. The molecule has 3 nitrogen and oxygen atoms in total. The number of hydrogen-bond donors (Lipinski definition) is 3. The predicted octanol–water partition coefficient (Wildman–Crippen LogP) is 3.11. The first-order valence-electron chi connectivity index (χ1n) is 6.44. The summed E-state index contributed by atoms with van der Waals surface area (Å²) in [6.45, 7) is 8.13. The van der Waals surface area contributed by atoms with E-state index in [-0.39, 0.29) is 5.54 Å². The van der Waals surface area contributed by atoms with Crippen molar-refractivity contribution in [3.05, 3.63) is 36.0 Å². The van der Waals surface area contributed by atoms with Gasteiger partial charge in [-0.05, 0) is 44.7 Å². The van der Waals surface area contributed by atoms with E-state index in [1.54, 1.807) is 0 Å². The van der Waals surface area contributed by atoms with Crippen LogP contribution in [0.3, 0.4) is 0 Å². The average molecular weight is 246 g/mol. The van der Waals surface area contributed by atoms with Crippen molar-refractivity contribution in [1.82, 2.24) is 10.3 Å². The van der Waals surface area contributed by atoms with Crippen molar-refractivity contribution < 1.29 is 5.11 Å². The third-order valence-corrected chi connectivity index (χ3v) is 3.07. The number of hydrogen-bond acceptors (Lipinski definition) is 2. The lowest BCUT2D eigenvalue weighted by Crippen LogP contribution is -2.51. The summed E-state index contributed by atoms with van der Waals surface area (Å²) in [5.41, 5.74) is 0.704. The maximum atomic E-state index is 10.8. The number of benzene rings is 1. The van der Waals surface area contributed by atoms with Crippen LogP contribution in [0.15, 0.2) is 30.3 Å². The molecule has 0 amide bonds. The third-order valence-electron chi connectivity index (χ3n) is 3.07. The van der Waals surface area contributed by atoms with Crippen molar-refractivity contribution in [2.24, 2.45) is 0 Å². The van der Waals surface area contributed by atoms with Gasteiger partial charge in [0.25, 0.3) is 0 Å². The first-order chi connectivity index (χ1) is 8.34. The van der Waals surface area contributed by atoms with Crippen LogP contribution in [-0.2, 0) is 5.72 Å². The van der Waals surface area contributed by atoms with E-state index in [9.17, 15) is 5.11 Å². The van der Waals surface area contributed by atoms with E-state index in [1.165, 1.54) is 0 Å². The number of para-hydroxylation sites is 1. The summed E-state index contributed by atoms with van der Waals surface area (Å²) < 4.78 is 0. The Hall–Kier alpha value is -1.32. The molecular weight excluding hydrogens is 224 g/mol. The summed E-state index contributed by atoms with van der Waals surface area (Å²) in [4.78, 5) is 3.30. The molecule has 1 atom stereocenters. The van der Waals surface area contributed by atoms with Crippen LogP contribution in [0.4, 0.5) is 0 Å². The van der Waals surface area contributed by atoms with Gasteiger partial charge in [-0.1, -0.05) is 25.1 Å². The Morgan fingerprint density at radius 1 is 1.22 bits per heavy atom. The summed E-state index contributed by atoms with van der Waals surface area (Å²) in [7, 11) is 0. The van der Waals surface area contributed by atoms with Gasteiger partial charge in [0, 0.05) is 11.1 Å². The zero-order valence-corrected chi connectivity index (χ0v) is 11.5. The van der Waals surface area contributed by atoms with Crippen molar-refractivity contribution in [3.63, 3.8) is 0 Å². The van der Waals surface area contributed by atoms with Crippen LogP contribution in [0.5, 0.6) is 0 Å². The summed E-state index contributed by atoms with van der Waals surface area (Å²) in [6, 6.07) is 10.1. The third kappa shape index (κ3) is 2.57. The van der Waals surface area contributed by atoms with Gasteiger partial charge in [-0.25, -0.2) is 0 Å². The minimum absolute atomic E-state index is 0.151. The minimum atomic E-state index is -1.02. The van der Waals surface area contributed by atoms with E-state index in [4.69, 9.17) is 0 Å². The molecule has 0 aliphatic heterocycles. The molecule has 2 rings (SSSR count). The zero-order valence-electron chi connectivity index (χ0n) is 11.5. The number of rotatable bonds is 3. The van der Waals surface area contributed by atoms with E-state index < -0.39 is 5.72 Å². The molecule has 0 spiro atoms. The summed E-state index contributed by atoms with van der Waals surface area (Å²) >= 11 is 0. The molecule has 0 saturated carbocycles. The number of aliphatic hydroxyl groups is 1. The molecule has 2 aromatic rings. The summed E-state index contributed by atoms with van der Waals surface area (Å²) in [5, 5.41) is 15.2. The SMILES string of the molecule is CCC(O)(NC(C)(C)C)c1cc2ccccc2[nH]1. The molecule has 0 aliphatic rings. The molecular formula is C15H22N2O. The van der Waals surface area contributed by atoms with Crippen molar-refractivity contribution in [3.8, 4) is 0 Å². The normalized spacial score (nSPS) is 15.8. The van der Waals surface area contributed by atoms with Crippen molar-refractivity contribution in [2.45, 2.75) is 45.4 Å². The molecule has 1 aromatic heterocycles. The second-order valence-electron chi connectivity index (χ2n) is 5.86. The van der Waals surface area contributed by atoms with Crippen LogP contribution in [-0.4, -0.2) is 15.6 Å². The van der Waals surface area contributed by atoms with Gasteiger partial charge >= 0.3 is 0 Å². The minimum Gasteiger partial charge on any atom is -0.370 e. The lowest BCUT2D eigenvalue weighted by molar-refractivity contribution is -0.0292. The number of fused-ring (bicyclic) bond motifs is 1. The number of aromatic nitrogens is 1. The largest absolute Gasteiger partial charge is 0.370 e. The Bertz CT molecular complexity index is 506. The molecule has 1 heterocycles. The van der Waals surface area contributed by atoms with E-state index in [1.807, 2.05) is 37.3 Å². The molecule has 0 saturated heterocycles. The standard InChI is InChI=1S/C15H22N2O/c1-5-15(18,17-14(2,3)4)13-10-11-8-6-7-9-12(11)16-13/h6-10,16-18H,5H2,1-4H3. The van der Waals surface area contributed by atoms with Crippen molar-refractivity contribution >= 4 is 10.9 Å². The highest BCUT2D eigenvalue weighted by molar-refractivity contribution is 5.80. The van der Waals surface area contributed by atoms with E-state index in [0.29, 0.717) is 6.42 Å². The summed E-state index contributed by atoms with van der Waals surface area (Å²) in [5.74, 6) is 0. The Balaban J connectivity index is 2.43. The second-order valence-corrected chi connectivity index (χ2v) is 5.86. The first-order valence-corrected chi connectivity index (χ1v) is 6.44. The number of H-pyrrole nitrogens is 1. The molecule has 0 aliphatic carbocycles. The second kappa shape index (κ2) is 4.41. The van der Waals surface area contributed by atoms with Gasteiger partial charge in [0.1, 0.15) is 0 Å². The van der Waals surface area contributed by atoms with E-state index in [0.717, 1.165) is 16.6 Å². The Kier molecular flexibility index (Phi) is 3.21. The van der Waals surface area contributed by atoms with Crippen molar-refractivity contribution in [1.29, 1.82) is 0 Å². The molecule has 1 aromatic carbocycles. The fourth-order valence-corrected chi connectivity index (χ4v) is 2.26. The van der Waals surface area contributed by atoms with Crippen LogP contribution in [0.25, 0.3) is 10.9 Å². The van der Waals surface area contributed by atoms with Gasteiger partial charge in [0.15, 0.2) is 5.72 Å². The zero-order chi connectivity index (χ0) is 13.4. The van der Waals surface area contributed by atoms with E-state index >= 15 is 0 Å². The smallest absolute Gasteiger partial charge is 0.157 e. The van der Waals surface area contributed by atoms with Gasteiger partial charge in [0.05, 0.1) is 5.69 Å². The lowest BCUT2D eigenvalue weighted by Gasteiger charge is -2.35. The number of aromatic amines is 1.